The molecule has 1 fully saturated rings. The van der Waals surface area contributed by atoms with E-state index in [1.807, 2.05) is 18.2 Å². The van der Waals surface area contributed by atoms with Gasteiger partial charge in [-0.15, -0.1) is 0 Å². The van der Waals surface area contributed by atoms with Gasteiger partial charge in [-0.25, -0.2) is 0 Å². The largest absolute Gasteiger partial charge is 0.394 e. The van der Waals surface area contributed by atoms with Crippen LogP contribution in [0.3, 0.4) is 0 Å². The van der Waals surface area contributed by atoms with E-state index in [-0.39, 0.29) is 35.9 Å². The van der Waals surface area contributed by atoms with Crippen LogP contribution in [-0.2, 0) is 4.79 Å². The SMILES string of the molecule is CC(C)(C)C[C@@H]1N[C@@H](C(=O)NCC[C@H](O)CO)[C@H](c2cccc(Cl)c2)C1N. The highest BCUT2D eigenvalue weighted by atomic mass is 35.5. The average molecular weight is 398 g/mol. The zero-order valence-corrected chi connectivity index (χ0v) is 17.0. The topological polar surface area (TPSA) is 108 Å². The molecular weight excluding hydrogens is 366 g/mol. The number of nitrogens with two attached hydrogens (primary N) is 1. The zero-order valence-electron chi connectivity index (χ0n) is 16.3. The molecule has 0 aromatic heterocycles. The van der Waals surface area contributed by atoms with E-state index in [9.17, 15) is 9.90 Å². The van der Waals surface area contributed by atoms with Gasteiger partial charge in [0.05, 0.1) is 18.8 Å². The molecule has 1 unspecified atom stereocenters. The molecule has 0 saturated carbocycles. The van der Waals surface area contributed by atoms with E-state index >= 15 is 0 Å². The summed E-state index contributed by atoms with van der Waals surface area (Å²) in [5.41, 5.74) is 7.59. The number of carbonyl (C=O) groups is 1. The summed E-state index contributed by atoms with van der Waals surface area (Å²) in [6, 6.07) is 6.80. The molecule has 1 aromatic rings. The average Bonchev–Trinajstić information content (AvgIpc) is 2.89. The minimum absolute atomic E-state index is 0.00719. The highest BCUT2D eigenvalue weighted by Gasteiger charge is 2.45. The fraction of sp³-hybridized carbons (Fsp3) is 0.650. The van der Waals surface area contributed by atoms with Crippen LogP contribution in [0.2, 0.25) is 5.02 Å². The third-order valence-corrected chi connectivity index (χ3v) is 5.20. The summed E-state index contributed by atoms with van der Waals surface area (Å²) in [5.74, 6) is -0.351. The van der Waals surface area contributed by atoms with Crippen LogP contribution in [0.1, 0.15) is 45.1 Å². The van der Waals surface area contributed by atoms with Gasteiger partial charge >= 0.3 is 0 Å². The minimum atomic E-state index is -0.832. The van der Waals surface area contributed by atoms with E-state index in [0.29, 0.717) is 18.0 Å². The van der Waals surface area contributed by atoms with Crippen molar-refractivity contribution < 1.29 is 15.0 Å². The lowest BCUT2D eigenvalue weighted by atomic mass is 9.81. The first-order chi connectivity index (χ1) is 12.6. The smallest absolute Gasteiger partial charge is 0.237 e. The molecule has 0 radical (unpaired) electrons. The van der Waals surface area contributed by atoms with E-state index in [0.717, 1.165) is 12.0 Å². The second-order valence-electron chi connectivity index (χ2n) is 8.59. The molecule has 7 heteroatoms. The van der Waals surface area contributed by atoms with Crippen LogP contribution in [0.25, 0.3) is 0 Å². The van der Waals surface area contributed by atoms with Crippen LogP contribution in [0.5, 0.6) is 0 Å². The highest BCUT2D eigenvalue weighted by Crippen LogP contribution is 2.35. The second-order valence-corrected chi connectivity index (χ2v) is 9.03. The number of rotatable bonds is 7. The van der Waals surface area contributed by atoms with Crippen molar-refractivity contribution in [3.63, 3.8) is 0 Å². The zero-order chi connectivity index (χ0) is 20.2. The van der Waals surface area contributed by atoms with Crippen molar-refractivity contribution in [3.8, 4) is 0 Å². The van der Waals surface area contributed by atoms with Crippen molar-refractivity contribution in [2.45, 2.75) is 63.8 Å². The van der Waals surface area contributed by atoms with Gasteiger partial charge in [0.1, 0.15) is 0 Å². The molecule has 1 aliphatic heterocycles. The van der Waals surface area contributed by atoms with Crippen molar-refractivity contribution in [2.75, 3.05) is 13.2 Å². The van der Waals surface area contributed by atoms with Gasteiger partial charge in [0.15, 0.2) is 0 Å². The quantitative estimate of drug-likeness (QED) is 0.478. The van der Waals surface area contributed by atoms with Crippen LogP contribution in [-0.4, -0.2) is 53.5 Å². The Morgan fingerprint density at radius 2 is 2.11 bits per heavy atom. The summed E-state index contributed by atoms with van der Waals surface area (Å²) in [4.78, 5) is 12.8. The Morgan fingerprint density at radius 1 is 1.41 bits per heavy atom. The summed E-state index contributed by atoms with van der Waals surface area (Å²) in [6.45, 7) is 6.43. The van der Waals surface area contributed by atoms with Crippen molar-refractivity contribution >= 4 is 17.5 Å². The molecule has 1 aromatic carbocycles. The molecule has 6 N–H and O–H groups in total. The summed E-state index contributed by atoms with van der Waals surface area (Å²) in [6.07, 6.45) is 0.313. The molecule has 0 spiro atoms. The van der Waals surface area contributed by atoms with Crippen LogP contribution in [0, 0.1) is 5.41 Å². The third-order valence-electron chi connectivity index (χ3n) is 4.97. The maximum atomic E-state index is 12.8. The fourth-order valence-corrected chi connectivity index (χ4v) is 3.90. The predicted molar refractivity (Wildman–Crippen MR) is 108 cm³/mol. The van der Waals surface area contributed by atoms with E-state index in [1.165, 1.54) is 0 Å². The maximum absolute atomic E-state index is 12.8. The van der Waals surface area contributed by atoms with Gasteiger partial charge < -0.3 is 26.6 Å². The molecule has 152 valence electrons. The molecule has 1 heterocycles. The minimum Gasteiger partial charge on any atom is -0.394 e. The number of aliphatic hydroxyl groups is 2. The summed E-state index contributed by atoms with van der Waals surface area (Å²) < 4.78 is 0. The molecule has 0 aliphatic carbocycles. The lowest BCUT2D eigenvalue weighted by molar-refractivity contribution is -0.123. The molecule has 2 rings (SSSR count). The Labute approximate surface area is 166 Å². The van der Waals surface area contributed by atoms with Crippen LogP contribution < -0.4 is 16.4 Å². The number of carbonyl (C=O) groups excluding carboxylic acids is 1. The first-order valence-electron chi connectivity index (χ1n) is 9.46. The van der Waals surface area contributed by atoms with E-state index in [2.05, 4.69) is 31.4 Å². The Bertz CT molecular complexity index is 635. The molecule has 1 saturated heterocycles. The van der Waals surface area contributed by atoms with Gasteiger partial charge in [-0.3, -0.25) is 4.79 Å². The van der Waals surface area contributed by atoms with Gasteiger partial charge in [-0.1, -0.05) is 44.5 Å². The lowest BCUT2D eigenvalue weighted by Crippen LogP contribution is -2.46. The van der Waals surface area contributed by atoms with Gasteiger partial charge in [0, 0.05) is 29.6 Å². The summed E-state index contributed by atoms with van der Waals surface area (Å²) in [5, 5.41) is 25.2. The summed E-state index contributed by atoms with van der Waals surface area (Å²) in [7, 11) is 0. The molecule has 6 nitrogen and oxygen atoms in total. The Balaban J connectivity index is 2.18. The normalized spacial score (nSPS) is 26.8. The van der Waals surface area contributed by atoms with Crippen molar-refractivity contribution in [3.05, 3.63) is 34.9 Å². The van der Waals surface area contributed by atoms with Crippen LogP contribution in [0.4, 0.5) is 0 Å². The number of amides is 1. The van der Waals surface area contributed by atoms with Crippen molar-refractivity contribution in [1.29, 1.82) is 0 Å². The van der Waals surface area contributed by atoms with Crippen molar-refractivity contribution in [2.24, 2.45) is 11.1 Å². The summed E-state index contributed by atoms with van der Waals surface area (Å²) >= 11 is 6.16. The highest BCUT2D eigenvalue weighted by molar-refractivity contribution is 6.30. The van der Waals surface area contributed by atoms with E-state index in [1.54, 1.807) is 6.07 Å². The van der Waals surface area contributed by atoms with Gasteiger partial charge in [0.25, 0.3) is 0 Å². The predicted octanol–water partition coefficient (Wildman–Crippen LogP) is 1.39. The maximum Gasteiger partial charge on any atom is 0.237 e. The molecule has 1 amide bonds. The van der Waals surface area contributed by atoms with Crippen molar-refractivity contribution in [1.82, 2.24) is 10.6 Å². The molecule has 5 atom stereocenters. The lowest BCUT2D eigenvalue weighted by Gasteiger charge is -2.27. The number of halogens is 1. The monoisotopic (exact) mass is 397 g/mol. The van der Waals surface area contributed by atoms with Gasteiger partial charge in [-0.05, 0) is 36.0 Å². The standard InChI is InChI=1S/C20H32ClN3O3/c1-20(2,3)10-15-17(22)16(12-5-4-6-13(21)9-12)18(24-15)19(27)23-8-7-14(26)11-25/h4-6,9,14-18,24-26H,7-8,10-11,22H2,1-3H3,(H,23,27)/t14-,15-,16+,17?,18+/m0/s1. The number of aliphatic hydroxyl groups excluding tert-OH is 2. The third kappa shape index (κ3) is 6.16. The molecule has 0 bridgehead atoms. The van der Waals surface area contributed by atoms with Crippen LogP contribution >= 0.6 is 11.6 Å². The van der Waals surface area contributed by atoms with Gasteiger partial charge in [0.2, 0.25) is 5.91 Å². The Morgan fingerprint density at radius 3 is 2.70 bits per heavy atom. The van der Waals surface area contributed by atoms with E-state index < -0.39 is 12.1 Å². The molecule has 1 aliphatic rings. The number of benzene rings is 1. The fourth-order valence-electron chi connectivity index (χ4n) is 3.70. The molecule has 27 heavy (non-hydrogen) atoms. The van der Waals surface area contributed by atoms with E-state index in [4.69, 9.17) is 22.4 Å². The first-order valence-corrected chi connectivity index (χ1v) is 9.84. The van der Waals surface area contributed by atoms with Gasteiger partial charge in [-0.2, -0.15) is 0 Å². The Kier molecular flexibility index (Phi) is 7.65. The Hall–Kier alpha value is -1.18. The number of hydrogen-bond donors (Lipinski definition) is 5. The first kappa shape index (κ1) is 22.1. The number of hydrogen-bond acceptors (Lipinski definition) is 5. The van der Waals surface area contributed by atoms with Crippen LogP contribution in [0.15, 0.2) is 24.3 Å². The number of nitrogens with one attached hydrogen (secondary N) is 2. The molecular formula is C20H32ClN3O3. The second kappa shape index (κ2) is 9.34.